The van der Waals surface area contributed by atoms with Gasteiger partial charge in [0.15, 0.2) is 5.78 Å². The molecule has 0 spiro atoms. The zero-order valence-electron chi connectivity index (χ0n) is 11.4. The average molecular weight is 304 g/mol. The van der Waals surface area contributed by atoms with Crippen LogP contribution in [0.1, 0.15) is 39.6 Å². The number of ketones is 1. The Morgan fingerprint density at radius 3 is 2.81 bits per heavy atom. The van der Waals surface area contributed by atoms with Crippen LogP contribution in [0.3, 0.4) is 0 Å². The zero-order chi connectivity index (χ0) is 15.1. The van der Waals surface area contributed by atoms with Gasteiger partial charge in [-0.3, -0.25) is 4.79 Å². The maximum absolute atomic E-state index is 12.4. The average Bonchev–Trinajstić information content (AvgIpc) is 2.36. The largest absolute Gasteiger partial charge is 0.508 e. The van der Waals surface area contributed by atoms with E-state index < -0.39 is 0 Å². The number of benzene rings is 1. The summed E-state index contributed by atoms with van der Waals surface area (Å²) in [7, 11) is 0. The molecule has 108 valence electrons. The molecule has 0 aliphatic heterocycles. The number of Topliss-reactive ketones (excluding diaryl/α,β-unsaturated/α-hetero) is 1. The van der Waals surface area contributed by atoms with E-state index in [2.05, 4.69) is 9.97 Å². The van der Waals surface area contributed by atoms with Gasteiger partial charge in [-0.05, 0) is 25.5 Å². The Hall–Kier alpha value is -2.14. The molecule has 6 heteroatoms. The molecule has 1 atom stereocenters. The van der Waals surface area contributed by atoms with Crippen LogP contribution in [0.2, 0.25) is 5.02 Å². The predicted octanol–water partition coefficient (Wildman–Crippen LogP) is 2.64. The van der Waals surface area contributed by atoms with Gasteiger partial charge in [0.2, 0.25) is 5.95 Å². The van der Waals surface area contributed by atoms with Crippen LogP contribution < -0.4 is 5.73 Å². The van der Waals surface area contributed by atoms with Gasteiger partial charge < -0.3 is 10.8 Å². The summed E-state index contributed by atoms with van der Waals surface area (Å²) in [5.74, 6) is 0.0102. The number of rotatable bonds is 1. The molecule has 2 aromatic rings. The van der Waals surface area contributed by atoms with Gasteiger partial charge in [-0.25, -0.2) is 9.97 Å². The van der Waals surface area contributed by atoms with Crippen LogP contribution in [0.25, 0.3) is 0 Å². The number of carbonyl (C=O) groups excluding carboxylic acids is 1. The van der Waals surface area contributed by atoms with Gasteiger partial charge in [0.1, 0.15) is 5.75 Å². The van der Waals surface area contributed by atoms with E-state index in [9.17, 15) is 9.90 Å². The van der Waals surface area contributed by atoms with Crippen molar-refractivity contribution in [2.75, 3.05) is 5.73 Å². The minimum absolute atomic E-state index is 0.0435. The Morgan fingerprint density at radius 2 is 2.10 bits per heavy atom. The van der Waals surface area contributed by atoms with E-state index in [4.69, 9.17) is 17.3 Å². The molecule has 0 radical (unpaired) electrons. The number of phenolic OH excluding ortho intramolecular Hbond substituents is 1. The molecule has 5 nitrogen and oxygen atoms in total. The number of aromatic nitrogens is 2. The van der Waals surface area contributed by atoms with E-state index in [-0.39, 0.29) is 29.8 Å². The number of aromatic hydroxyl groups is 1. The highest BCUT2D eigenvalue weighted by Crippen LogP contribution is 2.40. The number of hydrogen-bond donors (Lipinski definition) is 2. The molecule has 0 amide bonds. The molecule has 21 heavy (non-hydrogen) atoms. The third kappa shape index (κ3) is 2.34. The van der Waals surface area contributed by atoms with Crippen molar-refractivity contribution >= 4 is 23.3 Å². The molecule has 1 heterocycles. The third-order valence-corrected chi connectivity index (χ3v) is 4.10. The number of hydrogen-bond acceptors (Lipinski definition) is 5. The van der Waals surface area contributed by atoms with Gasteiger partial charge in [0.25, 0.3) is 0 Å². The normalized spacial score (nSPS) is 17.6. The Balaban J connectivity index is 2.08. The summed E-state index contributed by atoms with van der Waals surface area (Å²) >= 11 is 6.17. The molecule has 0 saturated carbocycles. The van der Waals surface area contributed by atoms with E-state index in [1.165, 1.54) is 0 Å². The Morgan fingerprint density at radius 1 is 1.33 bits per heavy atom. The predicted molar refractivity (Wildman–Crippen MR) is 79.7 cm³/mol. The van der Waals surface area contributed by atoms with Crippen molar-refractivity contribution in [1.82, 2.24) is 9.97 Å². The molecule has 0 bridgehead atoms. The lowest BCUT2D eigenvalue weighted by molar-refractivity contribution is 0.0962. The van der Waals surface area contributed by atoms with Gasteiger partial charge in [-0.2, -0.15) is 0 Å². The van der Waals surface area contributed by atoms with Crippen molar-refractivity contribution in [3.05, 3.63) is 45.7 Å². The molecule has 1 aromatic heterocycles. The summed E-state index contributed by atoms with van der Waals surface area (Å²) in [6.45, 7) is 1.75. The second-order valence-electron chi connectivity index (χ2n) is 5.19. The summed E-state index contributed by atoms with van der Waals surface area (Å²) in [6.07, 6.45) is 0.782. The van der Waals surface area contributed by atoms with Crippen LogP contribution >= 0.6 is 11.6 Å². The first-order valence-corrected chi connectivity index (χ1v) is 6.98. The number of nitrogens with zero attached hydrogens (tertiary/aromatic N) is 2. The molecule has 1 aliphatic carbocycles. The van der Waals surface area contributed by atoms with Crippen LogP contribution in [0.4, 0.5) is 5.95 Å². The van der Waals surface area contributed by atoms with E-state index in [1.54, 1.807) is 25.1 Å². The summed E-state index contributed by atoms with van der Waals surface area (Å²) in [6, 6.07) is 4.95. The molecule has 1 aromatic carbocycles. The number of phenols is 1. The standard InChI is InChI=1S/C15H14ClN3O2/c1-7-13-10(19-15(17)18-7)5-8(6-12(13)21)14-9(16)3-2-4-11(14)20/h2-4,8,20H,5-6H2,1H3,(H2,17,18,19). The van der Waals surface area contributed by atoms with Crippen molar-refractivity contribution in [2.24, 2.45) is 0 Å². The zero-order valence-corrected chi connectivity index (χ0v) is 12.2. The maximum Gasteiger partial charge on any atom is 0.220 e. The number of fused-ring (bicyclic) bond motifs is 1. The topological polar surface area (TPSA) is 89.1 Å². The number of nitrogen functional groups attached to an aromatic ring is 1. The fourth-order valence-electron chi connectivity index (χ4n) is 2.93. The van der Waals surface area contributed by atoms with Gasteiger partial charge in [-0.1, -0.05) is 17.7 Å². The highest BCUT2D eigenvalue weighted by Gasteiger charge is 2.31. The highest BCUT2D eigenvalue weighted by atomic mass is 35.5. The van der Waals surface area contributed by atoms with Gasteiger partial charge >= 0.3 is 0 Å². The number of anilines is 1. The fourth-order valence-corrected chi connectivity index (χ4v) is 3.26. The van der Waals surface area contributed by atoms with Crippen molar-refractivity contribution in [2.45, 2.75) is 25.7 Å². The minimum Gasteiger partial charge on any atom is -0.508 e. The quantitative estimate of drug-likeness (QED) is 0.845. The van der Waals surface area contributed by atoms with Gasteiger partial charge in [0.05, 0.1) is 17.0 Å². The SMILES string of the molecule is Cc1nc(N)nc2c1C(=O)CC(c1c(O)cccc1Cl)C2. The molecule has 3 rings (SSSR count). The van der Waals surface area contributed by atoms with Crippen LogP contribution in [-0.4, -0.2) is 20.9 Å². The summed E-state index contributed by atoms with van der Waals surface area (Å²) in [5.41, 5.74) is 8.03. The molecule has 0 fully saturated rings. The van der Waals surface area contributed by atoms with Crippen molar-refractivity contribution < 1.29 is 9.90 Å². The monoisotopic (exact) mass is 303 g/mol. The molecule has 0 saturated heterocycles. The molecular weight excluding hydrogens is 290 g/mol. The number of carbonyl (C=O) groups is 1. The second kappa shape index (κ2) is 5.00. The molecule has 1 unspecified atom stereocenters. The lowest BCUT2D eigenvalue weighted by Gasteiger charge is -2.25. The molecular formula is C15H14ClN3O2. The first kappa shape index (κ1) is 13.8. The Labute approximate surface area is 126 Å². The summed E-state index contributed by atoms with van der Waals surface area (Å²) < 4.78 is 0. The van der Waals surface area contributed by atoms with Crippen LogP contribution in [0, 0.1) is 6.92 Å². The van der Waals surface area contributed by atoms with Crippen molar-refractivity contribution in [3.8, 4) is 5.75 Å². The van der Waals surface area contributed by atoms with Crippen LogP contribution in [0.5, 0.6) is 5.75 Å². The van der Waals surface area contributed by atoms with Crippen LogP contribution in [0.15, 0.2) is 18.2 Å². The lowest BCUT2D eigenvalue weighted by atomic mass is 9.81. The van der Waals surface area contributed by atoms with Gasteiger partial charge in [-0.15, -0.1) is 0 Å². The lowest BCUT2D eigenvalue weighted by Crippen LogP contribution is -2.23. The first-order chi connectivity index (χ1) is 9.97. The van der Waals surface area contributed by atoms with E-state index in [1.807, 2.05) is 0 Å². The molecule has 1 aliphatic rings. The number of halogens is 1. The Bertz CT molecular complexity index is 726. The smallest absolute Gasteiger partial charge is 0.220 e. The molecule has 3 N–H and O–H groups in total. The summed E-state index contributed by atoms with van der Waals surface area (Å²) in [4.78, 5) is 20.6. The minimum atomic E-state index is -0.201. The third-order valence-electron chi connectivity index (χ3n) is 3.77. The highest BCUT2D eigenvalue weighted by molar-refractivity contribution is 6.31. The van der Waals surface area contributed by atoms with Gasteiger partial charge in [0, 0.05) is 22.9 Å². The maximum atomic E-state index is 12.4. The van der Waals surface area contributed by atoms with E-state index in [0.717, 1.165) is 0 Å². The summed E-state index contributed by atoms with van der Waals surface area (Å²) in [5, 5.41) is 10.5. The van der Waals surface area contributed by atoms with Crippen molar-refractivity contribution in [3.63, 3.8) is 0 Å². The van der Waals surface area contributed by atoms with E-state index in [0.29, 0.717) is 34.0 Å². The number of aryl methyl sites for hydroxylation is 1. The van der Waals surface area contributed by atoms with Crippen molar-refractivity contribution in [1.29, 1.82) is 0 Å². The van der Waals surface area contributed by atoms with E-state index >= 15 is 0 Å². The second-order valence-corrected chi connectivity index (χ2v) is 5.60. The number of nitrogens with two attached hydrogens (primary N) is 1. The first-order valence-electron chi connectivity index (χ1n) is 6.61. The Kier molecular flexibility index (Phi) is 3.29. The fraction of sp³-hybridized carbons (Fsp3) is 0.267. The van der Waals surface area contributed by atoms with Crippen LogP contribution in [-0.2, 0) is 6.42 Å².